The molecular formula is C17H27ClN2O2S. The average Bonchev–Trinajstić information content (AvgIpc) is 2.56. The fourth-order valence-electron chi connectivity index (χ4n) is 2.83. The number of hydrogen-bond acceptors (Lipinski definition) is 4. The van der Waals surface area contributed by atoms with Gasteiger partial charge in [-0.25, -0.2) is 0 Å². The van der Waals surface area contributed by atoms with Gasteiger partial charge in [0.2, 0.25) is 5.91 Å². The number of ether oxygens (including phenoxy) is 1. The minimum Gasteiger partial charge on any atom is -0.497 e. The van der Waals surface area contributed by atoms with Crippen LogP contribution in [0.15, 0.2) is 24.3 Å². The predicted octanol–water partition coefficient (Wildman–Crippen LogP) is 3.12. The Bertz CT molecular complexity index is 495. The molecule has 23 heavy (non-hydrogen) atoms. The minimum atomic E-state index is 0. The lowest BCUT2D eigenvalue weighted by Gasteiger charge is -2.31. The molecule has 0 radical (unpaired) electrons. The first-order valence-electron chi connectivity index (χ1n) is 7.90. The molecule has 1 aromatic carbocycles. The number of carbonyl (C=O) groups excluding carboxylic acids is 1. The highest BCUT2D eigenvalue weighted by molar-refractivity contribution is 7.99. The molecular weight excluding hydrogens is 332 g/mol. The monoisotopic (exact) mass is 358 g/mol. The molecule has 130 valence electrons. The molecule has 1 aliphatic rings. The quantitative estimate of drug-likeness (QED) is 0.848. The van der Waals surface area contributed by atoms with Crippen LogP contribution in [0.4, 0.5) is 0 Å². The standard InChI is InChI=1S/C17H26N2O2S.ClH/c1-4-19(17(20)11-15-12-22-9-8-18-15)13(2)14-6-5-7-16(10-14)21-3;/h5-7,10,13,15,18H,4,8-9,11-12H2,1-3H3;1H. The van der Waals surface area contributed by atoms with E-state index in [2.05, 4.69) is 18.3 Å². The van der Waals surface area contributed by atoms with Gasteiger partial charge in [0.05, 0.1) is 13.2 Å². The van der Waals surface area contributed by atoms with Gasteiger partial charge in [-0.05, 0) is 31.5 Å². The van der Waals surface area contributed by atoms with E-state index in [-0.39, 0.29) is 24.4 Å². The SMILES string of the molecule is CCN(C(=O)CC1CSCCN1)C(C)c1cccc(OC)c1.Cl. The Morgan fingerprint density at radius 3 is 2.91 bits per heavy atom. The predicted molar refractivity (Wildman–Crippen MR) is 99.8 cm³/mol. The van der Waals surface area contributed by atoms with Crippen LogP contribution in [0, 0.1) is 0 Å². The molecule has 6 heteroatoms. The van der Waals surface area contributed by atoms with Crippen molar-refractivity contribution in [2.75, 3.05) is 31.7 Å². The first-order chi connectivity index (χ1) is 10.7. The number of carbonyl (C=O) groups is 1. The van der Waals surface area contributed by atoms with Gasteiger partial charge in [0.1, 0.15) is 5.75 Å². The topological polar surface area (TPSA) is 41.6 Å². The first kappa shape index (κ1) is 20.1. The van der Waals surface area contributed by atoms with Crippen LogP contribution in [-0.2, 0) is 4.79 Å². The van der Waals surface area contributed by atoms with Crippen molar-refractivity contribution in [1.82, 2.24) is 10.2 Å². The fraction of sp³-hybridized carbons (Fsp3) is 0.588. The van der Waals surface area contributed by atoms with E-state index in [1.54, 1.807) is 7.11 Å². The Balaban J connectivity index is 0.00000264. The molecule has 1 aliphatic heterocycles. The second-order valence-corrected chi connectivity index (χ2v) is 6.71. The number of rotatable bonds is 6. The molecule has 1 amide bonds. The Kier molecular flexibility index (Phi) is 8.81. The van der Waals surface area contributed by atoms with Crippen molar-refractivity contribution in [1.29, 1.82) is 0 Å². The van der Waals surface area contributed by atoms with Crippen molar-refractivity contribution < 1.29 is 9.53 Å². The lowest BCUT2D eigenvalue weighted by molar-refractivity contribution is -0.133. The van der Waals surface area contributed by atoms with E-state index in [1.165, 1.54) is 0 Å². The largest absolute Gasteiger partial charge is 0.497 e. The van der Waals surface area contributed by atoms with Crippen LogP contribution in [0.3, 0.4) is 0 Å². The normalized spacial score (nSPS) is 18.7. The molecule has 4 nitrogen and oxygen atoms in total. The summed E-state index contributed by atoms with van der Waals surface area (Å²) in [5.41, 5.74) is 1.11. The van der Waals surface area contributed by atoms with Gasteiger partial charge in [0, 0.05) is 37.1 Å². The number of thioether (sulfide) groups is 1. The van der Waals surface area contributed by atoms with Crippen LogP contribution in [0.2, 0.25) is 0 Å². The number of benzene rings is 1. The van der Waals surface area contributed by atoms with Crippen LogP contribution in [0.25, 0.3) is 0 Å². The second-order valence-electron chi connectivity index (χ2n) is 5.56. The van der Waals surface area contributed by atoms with Crippen molar-refractivity contribution in [2.24, 2.45) is 0 Å². The number of nitrogens with zero attached hydrogens (tertiary/aromatic N) is 1. The average molecular weight is 359 g/mol. The summed E-state index contributed by atoms with van der Waals surface area (Å²) in [4.78, 5) is 14.6. The summed E-state index contributed by atoms with van der Waals surface area (Å²) in [7, 11) is 1.67. The lowest BCUT2D eigenvalue weighted by Crippen LogP contribution is -2.43. The zero-order valence-corrected chi connectivity index (χ0v) is 15.7. The fourth-order valence-corrected chi connectivity index (χ4v) is 3.78. The molecule has 1 aromatic rings. The van der Waals surface area contributed by atoms with E-state index >= 15 is 0 Å². The summed E-state index contributed by atoms with van der Waals surface area (Å²) in [5, 5.41) is 3.44. The molecule has 0 spiro atoms. The maximum absolute atomic E-state index is 12.7. The number of halogens is 1. The Labute approximate surface area is 149 Å². The van der Waals surface area contributed by atoms with E-state index in [0.29, 0.717) is 12.5 Å². The molecule has 1 heterocycles. The summed E-state index contributed by atoms with van der Waals surface area (Å²) in [6.45, 7) is 5.84. The maximum atomic E-state index is 12.7. The van der Waals surface area contributed by atoms with Crippen LogP contribution < -0.4 is 10.1 Å². The molecule has 2 unspecified atom stereocenters. The Hall–Kier alpha value is -0.910. The molecule has 0 aromatic heterocycles. The van der Waals surface area contributed by atoms with E-state index in [1.807, 2.05) is 41.8 Å². The third kappa shape index (κ3) is 5.59. The number of nitrogens with one attached hydrogen (secondary N) is 1. The van der Waals surface area contributed by atoms with Gasteiger partial charge in [0.25, 0.3) is 0 Å². The van der Waals surface area contributed by atoms with Gasteiger partial charge in [-0.15, -0.1) is 12.4 Å². The number of amides is 1. The summed E-state index contributed by atoms with van der Waals surface area (Å²) >= 11 is 1.92. The van der Waals surface area contributed by atoms with Crippen molar-refractivity contribution in [3.8, 4) is 5.75 Å². The van der Waals surface area contributed by atoms with Crippen molar-refractivity contribution in [3.05, 3.63) is 29.8 Å². The molecule has 0 bridgehead atoms. The van der Waals surface area contributed by atoms with Crippen LogP contribution in [0.5, 0.6) is 5.75 Å². The molecule has 0 saturated carbocycles. The van der Waals surface area contributed by atoms with Gasteiger partial charge < -0.3 is 15.0 Å². The summed E-state index contributed by atoms with van der Waals surface area (Å²) in [5.74, 6) is 3.22. The molecule has 2 atom stereocenters. The van der Waals surface area contributed by atoms with Crippen molar-refractivity contribution in [2.45, 2.75) is 32.4 Å². The van der Waals surface area contributed by atoms with E-state index in [0.717, 1.165) is 35.9 Å². The molecule has 1 saturated heterocycles. The van der Waals surface area contributed by atoms with Gasteiger partial charge in [0.15, 0.2) is 0 Å². The zero-order chi connectivity index (χ0) is 15.9. The number of methoxy groups -OCH3 is 1. The summed E-state index contributed by atoms with van der Waals surface area (Å²) in [6.07, 6.45) is 0.579. The van der Waals surface area contributed by atoms with Crippen LogP contribution in [0.1, 0.15) is 31.9 Å². The highest BCUT2D eigenvalue weighted by Crippen LogP contribution is 2.25. The third-order valence-corrected chi connectivity index (χ3v) is 5.26. The van der Waals surface area contributed by atoms with Crippen LogP contribution in [-0.4, -0.2) is 48.6 Å². The van der Waals surface area contributed by atoms with E-state index < -0.39 is 0 Å². The summed E-state index contributed by atoms with van der Waals surface area (Å²) in [6, 6.07) is 8.33. The maximum Gasteiger partial charge on any atom is 0.224 e. The highest BCUT2D eigenvalue weighted by Gasteiger charge is 2.24. The Morgan fingerprint density at radius 1 is 1.52 bits per heavy atom. The van der Waals surface area contributed by atoms with E-state index in [9.17, 15) is 4.79 Å². The van der Waals surface area contributed by atoms with Gasteiger partial charge in [-0.3, -0.25) is 4.79 Å². The van der Waals surface area contributed by atoms with Gasteiger partial charge >= 0.3 is 0 Å². The highest BCUT2D eigenvalue weighted by atomic mass is 35.5. The number of hydrogen-bond donors (Lipinski definition) is 1. The molecule has 1 fully saturated rings. The first-order valence-corrected chi connectivity index (χ1v) is 9.05. The van der Waals surface area contributed by atoms with Gasteiger partial charge in [-0.1, -0.05) is 12.1 Å². The van der Waals surface area contributed by atoms with E-state index in [4.69, 9.17) is 4.74 Å². The smallest absolute Gasteiger partial charge is 0.224 e. The zero-order valence-electron chi connectivity index (χ0n) is 14.1. The minimum absolute atomic E-state index is 0. The molecule has 1 N–H and O–H groups in total. The molecule has 2 rings (SSSR count). The second kappa shape index (κ2) is 10.1. The van der Waals surface area contributed by atoms with Crippen molar-refractivity contribution >= 4 is 30.1 Å². The Morgan fingerprint density at radius 2 is 2.30 bits per heavy atom. The van der Waals surface area contributed by atoms with Crippen LogP contribution >= 0.6 is 24.2 Å². The third-order valence-electron chi connectivity index (χ3n) is 4.12. The summed E-state index contributed by atoms with van der Waals surface area (Å²) < 4.78 is 5.28. The van der Waals surface area contributed by atoms with Crippen molar-refractivity contribution in [3.63, 3.8) is 0 Å². The lowest BCUT2D eigenvalue weighted by atomic mass is 10.1. The molecule has 0 aliphatic carbocycles. The van der Waals surface area contributed by atoms with Gasteiger partial charge in [-0.2, -0.15) is 11.8 Å².